The van der Waals surface area contributed by atoms with E-state index in [-0.39, 0.29) is 18.2 Å². The number of carbonyl (C=O) groups excluding carboxylic acids is 1. The molecule has 1 aromatic heterocycles. The Morgan fingerprint density at radius 3 is 2.88 bits per heavy atom. The molecule has 5 nitrogen and oxygen atoms in total. The van der Waals surface area contributed by atoms with Crippen molar-refractivity contribution in [2.75, 3.05) is 23.4 Å². The molecule has 7 heteroatoms. The molecule has 4 rings (SSSR count). The topological polar surface area (TPSA) is 54.5 Å². The number of aryl methyl sites for hydroxylation is 2. The Labute approximate surface area is 198 Å². The van der Waals surface area contributed by atoms with E-state index in [0.29, 0.717) is 35.8 Å². The molecule has 33 heavy (non-hydrogen) atoms. The maximum absolute atomic E-state index is 14.5. The molecule has 172 valence electrons. The van der Waals surface area contributed by atoms with E-state index in [9.17, 15) is 9.18 Å². The molecule has 2 aromatic carbocycles. The number of nitrogens with zero attached hydrogens (tertiary/aromatic N) is 2. The van der Waals surface area contributed by atoms with Crippen LogP contribution in [-0.4, -0.2) is 24.1 Å². The van der Waals surface area contributed by atoms with Gasteiger partial charge in [-0.2, -0.15) is 0 Å². The fraction of sp³-hybridized carbons (Fsp3) is 0.308. The standard InChI is InChI=1S/C26H27ClFN3O2/c1-2-33-25(32)13-10-18-8-11-21(16-24(18)28)29-17-22-12-9-19-5-4-14-31(26(19)30-22)23-7-3-6-20(27)15-23/h3,6-9,11-12,15-16,29H,2,4-5,10,13-14,17H2,1H3. The van der Waals surface area contributed by atoms with Gasteiger partial charge in [-0.15, -0.1) is 0 Å². The summed E-state index contributed by atoms with van der Waals surface area (Å²) in [4.78, 5) is 18.6. The van der Waals surface area contributed by atoms with Gasteiger partial charge in [-0.05, 0) is 73.7 Å². The molecular formula is C26H27ClFN3O2. The Hall–Kier alpha value is -3.12. The van der Waals surface area contributed by atoms with Crippen molar-refractivity contribution < 1.29 is 13.9 Å². The first kappa shape index (κ1) is 23.1. The Morgan fingerprint density at radius 1 is 1.21 bits per heavy atom. The van der Waals surface area contributed by atoms with E-state index in [1.165, 1.54) is 11.6 Å². The van der Waals surface area contributed by atoms with Crippen molar-refractivity contribution in [1.82, 2.24) is 4.98 Å². The van der Waals surface area contributed by atoms with Crippen LogP contribution in [0.3, 0.4) is 0 Å². The molecule has 3 aromatic rings. The minimum atomic E-state index is -0.338. The van der Waals surface area contributed by atoms with E-state index in [4.69, 9.17) is 21.3 Å². The van der Waals surface area contributed by atoms with Crippen molar-refractivity contribution in [3.05, 3.63) is 82.3 Å². The molecule has 0 spiro atoms. The Balaban J connectivity index is 1.43. The summed E-state index contributed by atoms with van der Waals surface area (Å²) in [6, 6.07) is 16.9. The summed E-state index contributed by atoms with van der Waals surface area (Å²) in [5.41, 5.74) is 4.27. The lowest BCUT2D eigenvalue weighted by atomic mass is 10.0. The van der Waals surface area contributed by atoms with Crippen molar-refractivity contribution in [3.63, 3.8) is 0 Å². The number of rotatable bonds is 8. The molecule has 0 amide bonds. The van der Waals surface area contributed by atoms with Gasteiger partial charge >= 0.3 is 5.97 Å². The molecule has 2 heterocycles. The second-order valence-corrected chi connectivity index (χ2v) is 8.42. The lowest BCUT2D eigenvalue weighted by Crippen LogP contribution is -2.26. The summed E-state index contributed by atoms with van der Waals surface area (Å²) in [5.74, 6) is 0.294. The molecule has 0 atom stereocenters. The van der Waals surface area contributed by atoms with Crippen LogP contribution >= 0.6 is 11.6 Å². The van der Waals surface area contributed by atoms with Crippen LogP contribution in [0.5, 0.6) is 0 Å². The number of hydrogen-bond acceptors (Lipinski definition) is 5. The number of esters is 1. The van der Waals surface area contributed by atoms with Crippen LogP contribution < -0.4 is 10.2 Å². The normalized spacial score (nSPS) is 12.9. The van der Waals surface area contributed by atoms with Crippen molar-refractivity contribution in [2.24, 2.45) is 0 Å². The first-order valence-electron chi connectivity index (χ1n) is 11.2. The molecule has 1 aliphatic rings. The molecule has 0 aliphatic carbocycles. The average molecular weight is 468 g/mol. The molecule has 0 unspecified atom stereocenters. The second kappa shape index (κ2) is 10.7. The van der Waals surface area contributed by atoms with Crippen LogP contribution in [-0.2, 0) is 28.9 Å². The lowest BCUT2D eigenvalue weighted by Gasteiger charge is -2.30. The predicted molar refractivity (Wildman–Crippen MR) is 130 cm³/mol. The summed E-state index contributed by atoms with van der Waals surface area (Å²) < 4.78 is 19.4. The van der Waals surface area contributed by atoms with Gasteiger partial charge in [0.25, 0.3) is 0 Å². The van der Waals surface area contributed by atoms with Crippen molar-refractivity contribution in [1.29, 1.82) is 0 Å². The number of aromatic nitrogens is 1. The van der Waals surface area contributed by atoms with Gasteiger partial charge < -0.3 is 15.0 Å². The maximum Gasteiger partial charge on any atom is 0.306 e. The van der Waals surface area contributed by atoms with Crippen LogP contribution in [0.25, 0.3) is 0 Å². The number of anilines is 3. The van der Waals surface area contributed by atoms with Crippen LogP contribution in [0.4, 0.5) is 21.6 Å². The summed E-state index contributed by atoms with van der Waals surface area (Å²) in [6.07, 6.45) is 2.53. The van der Waals surface area contributed by atoms with Gasteiger partial charge in [-0.1, -0.05) is 29.8 Å². The van der Waals surface area contributed by atoms with Crippen molar-refractivity contribution in [3.8, 4) is 0 Å². The fourth-order valence-corrected chi connectivity index (χ4v) is 4.18. The highest BCUT2D eigenvalue weighted by Crippen LogP contribution is 2.33. The first-order chi connectivity index (χ1) is 16.0. The Bertz CT molecular complexity index is 1140. The number of nitrogens with one attached hydrogen (secondary N) is 1. The highest BCUT2D eigenvalue weighted by atomic mass is 35.5. The fourth-order valence-electron chi connectivity index (χ4n) is 4.00. The molecule has 0 fully saturated rings. The molecular weight excluding hydrogens is 441 g/mol. The van der Waals surface area contributed by atoms with Gasteiger partial charge in [0.2, 0.25) is 0 Å². The smallest absolute Gasteiger partial charge is 0.306 e. The molecule has 0 bridgehead atoms. The highest BCUT2D eigenvalue weighted by molar-refractivity contribution is 6.30. The second-order valence-electron chi connectivity index (χ2n) is 7.99. The van der Waals surface area contributed by atoms with E-state index in [1.807, 2.05) is 36.4 Å². The molecule has 0 radical (unpaired) electrons. The lowest BCUT2D eigenvalue weighted by molar-refractivity contribution is -0.143. The molecule has 1 aliphatic heterocycles. The molecule has 1 N–H and O–H groups in total. The zero-order valence-corrected chi connectivity index (χ0v) is 19.4. The summed E-state index contributed by atoms with van der Waals surface area (Å²) in [7, 11) is 0. The molecule has 0 saturated carbocycles. The van der Waals surface area contributed by atoms with E-state index in [0.717, 1.165) is 36.6 Å². The van der Waals surface area contributed by atoms with Crippen LogP contribution in [0.15, 0.2) is 54.6 Å². The summed E-state index contributed by atoms with van der Waals surface area (Å²) in [5, 5.41) is 3.95. The highest BCUT2D eigenvalue weighted by Gasteiger charge is 2.20. The third-order valence-corrected chi connectivity index (χ3v) is 5.88. The Kier molecular flexibility index (Phi) is 7.45. The van der Waals surface area contributed by atoms with Gasteiger partial charge in [0.1, 0.15) is 11.6 Å². The predicted octanol–water partition coefficient (Wildman–Crippen LogP) is 6.07. The zero-order chi connectivity index (χ0) is 23.2. The van der Waals surface area contributed by atoms with Crippen LogP contribution in [0.1, 0.15) is 36.6 Å². The number of pyridine rings is 1. The number of carbonyl (C=O) groups is 1. The third kappa shape index (κ3) is 5.82. The Morgan fingerprint density at radius 2 is 2.09 bits per heavy atom. The van der Waals surface area contributed by atoms with E-state index >= 15 is 0 Å². The van der Waals surface area contributed by atoms with Crippen LogP contribution in [0, 0.1) is 5.82 Å². The van der Waals surface area contributed by atoms with Gasteiger partial charge in [0.15, 0.2) is 0 Å². The van der Waals surface area contributed by atoms with E-state index < -0.39 is 0 Å². The van der Waals surface area contributed by atoms with Gasteiger partial charge in [0, 0.05) is 29.4 Å². The van der Waals surface area contributed by atoms with Gasteiger partial charge in [0.05, 0.1) is 18.8 Å². The quantitative estimate of drug-likeness (QED) is 0.408. The van der Waals surface area contributed by atoms with Crippen molar-refractivity contribution in [2.45, 2.75) is 39.2 Å². The summed E-state index contributed by atoms with van der Waals surface area (Å²) in [6.45, 7) is 3.44. The van der Waals surface area contributed by atoms with E-state index in [2.05, 4.69) is 16.3 Å². The number of hydrogen-bond donors (Lipinski definition) is 1. The van der Waals surface area contributed by atoms with Crippen molar-refractivity contribution >= 4 is 34.8 Å². The van der Waals surface area contributed by atoms with Gasteiger partial charge in [-0.3, -0.25) is 4.79 Å². The third-order valence-electron chi connectivity index (χ3n) is 5.65. The SMILES string of the molecule is CCOC(=O)CCc1ccc(NCc2ccc3c(n2)N(c2cccc(Cl)c2)CCC3)cc1F. The van der Waals surface area contributed by atoms with Crippen LogP contribution in [0.2, 0.25) is 5.02 Å². The minimum Gasteiger partial charge on any atom is -0.466 e. The largest absolute Gasteiger partial charge is 0.466 e. The number of fused-ring (bicyclic) bond motifs is 1. The number of benzene rings is 2. The average Bonchev–Trinajstić information content (AvgIpc) is 2.82. The minimum absolute atomic E-state index is 0.166. The molecule has 0 saturated heterocycles. The summed E-state index contributed by atoms with van der Waals surface area (Å²) >= 11 is 6.20. The number of halogens is 2. The zero-order valence-electron chi connectivity index (χ0n) is 18.6. The number of ether oxygens (including phenoxy) is 1. The first-order valence-corrected chi connectivity index (χ1v) is 11.6. The van der Waals surface area contributed by atoms with E-state index in [1.54, 1.807) is 13.0 Å². The monoisotopic (exact) mass is 467 g/mol. The van der Waals surface area contributed by atoms with Gasteiger partial charge in [-0.25, -0.2) is 9.37 Å². The maximum atomic E-state index is 14.5.